The molecule has 1 aliphatic heterocycles. The van der Waals surface area contributed by atoms with Crippen LogP contribution in [0.15, 0.2) is 48.7 Å². The number of methoxy groups -OCH3 is 1. The highest BCUT2D eigenvalue weighted by atomic mass is 19.1. The van der Waals surface area contributed by atoms with E-state index in [9.17, 15) is 9.18 Å². The number of carbonyl (C=O) groups is 1. The average molecular weight is 382 g/mol. The molecule has 0 saturated heterocycles. The molecule has 4 nitrogen and oxygen atoms in total. The lowest BCUT2D eigenvalue weighted by Crippen LogP contribution is -2.37. The first kappa shape index (κ1) is 19.9. The zero-order valence-electron chi connectivity index (χ0n) is 16.9. The Morgan fingerprint density at radius 3 is 2.71 bits per heavy atom. The lowest BCUT2D eigenvalue weighted by molar-refractivity contribution is 0.210. The van der Waals surface area contributed by atoms with Gasteiger partial charge in [0, 0.05) is 24.7 Å². The fourth-order valence-corrected chi connectivity index (χ4v) is 3.61. The largest absolute Gasteiger partial charge is 0.496 e. The van der Waals surface area contributed by atoms with E-state index in [1.807, 2.05) is 12.3 Å². The fraction of sp³-hybridized carbons (Fsp3) is 0.348. The second kappa shape index (κ2) is 8.05. The van der Waals surface area contributed by atoms with Gasteiger partial charge in [-0.05, 0) is 46.9 Å². The Kier molecular flexibility index (Phi) is 5.73. The lowest BCUT2D eigenvalue weighted by atomic mass is 9.82. The lowest BCUT2D eigenvalue weighted by Gasteiger charge is -2.24. The van der Waals surface area contributed by atoms with E-state index in [2.05, 4.69) is 38.2 Å². The maximum atomic E-state index is 13.3. The number of rotatable bonds is 5. The zero-order chi connectivity index (χ0) is 20.3. The van der Waals surface area contributed by atoms with Crippen LogP contribution in [0.25, 0.3) is 5.57 Å². The second-order valence-corrected chi connectivity index (χ2v) is 7.72. The molecule has 2 aromatic rings. The Morgan fingerprint density at radius 2 is 2.04 bits per heavy atom. The molecule has 0 saturated carbocycles. The quantitative estimate of drug-likeness (QED) is 0.792. The van der Waals surface area contributed by atoms with E-state index in [1.165, 1.54) is 12.1 Å². The summed E-state index contributed by atoms with van der Waals surface area (Å²) < 4.78 is 18.8. The highest BCUT2D eigenvalue weighted by Crippen LogP contribution is 2.41. The van der Waals surface area contributed by atoms with Crippen molar-refractivity contribution in [3.63, 3.8) is 0 Å². The van der Waals surface area contributed by atoms with Crippen molar-refractivity contribution in [2.45, 2.75) is 33.7 Å². The van der Waals surface area contributed by atoms with Crippen LogP contribution in [-0.4, -0.2) is 24.6 Å². The SMILES string of the molecule is CCc1ccc(C2=CN(C(=O)NCc3cccc(F)c3)CC2(C)C)cc1OC. The summed E-state index contributed by atoms with van der Waals surface area (Å²) in [5, 5.41) is 2.87. The molecular weight excluding hydrogens is 355 g/mol. The van der Waals surface area contributed by atoms with Crippen molar-refractivity contribution in [2.75, 3.05) is 13.7 Å². The van der Waals surface area contributed by atoms with Crippen LogP contribution >= 0.6 is 0 Å². The number of benzene rings is 2. The second-order valence-electron chi connectivity index (χ2n) is 7.72. The number of nitrogens with zero attached hydrogens (tertiary/aromatic N) is 1. The van der Waals surface area contributed by atoms with Gasteiger partial charge in [-0.2, -0.15) is 0 Å². The summed E-state index contributed by atoms with van der Waals surface area (Å²) in [6.07, 6.45) is 2.81. The molecule has 1 aliphatic rings. The number of nitrogens with one attached hydrogen (secondary N) is 1. The smallest absolute Gasteiger partial charge is 0.321 e. The van der Waals surface area contributed by atoms with Gasteiger partial charge in [0.15, 0.2) is 0 Å². The zero-order valence-corrected chi connectivity index (χ0v) is 16.9. The number of hydrogen-bond donors (Lipinski definition) is 1. The third kappa shape index (κ3) is 4.19. The van der Waals surface area contributed by atoms with Gasteiger partial charge >= 0.3 is 6.03 Å². The number of carbonyl (C=O) groups excluding carboxylic acids is 1. The first-order valence-electron chi connectivity index (χ1n) is 9.52. The van der Waals surface area contributed by atoms with Crippen LogP contribution in [0.1, 0.15) is 37.5 Å². The molecule has 0 atom stereocenters. The van der Waals surface area contributed by atoms with Gasteiger partial charge in [-0.25, -0.2) is 9.18 Å². The molecule has 0 aromatic heterocycles. The molecule has 3 rings (SSSR count). The van der Waals surface area contributed by atoms with Gasteiger partial charge < -0.3 is 10.1 Å². The first-order chi connectivity index (χ1) is 13.3. The summed E-state index contributed by atoms with van der Waals surface area (Å²) in [6.45, 7) is 7.21. The van der Waals surface area contributed by atoms with E-state index in [-0.39, 0.29) is 23.8 Å². The molecule has 0 aliphatic carbocycles. The van der Waals surface area contributed by atoms with Gasteiger partial charge in [-0.3, -0.25) is 4.90 Å². The number of halogens is 1. The highest BCUT2D eigenvalue weighted by molar-refractivity contribution is 5.82. The summed E-state index contributed by atoms with van der Waals surface area (Å²) in [7, 11) is 1.68. The van der Waals surface area contributed by atoms with Crippen molar-refractivity contribution in [1.29, 1.82) is 0 Å². The van der Waals surface area contributed by atoms with Crippen LogP contribution in [0.2, 0.25) is 0 Å². The van der Waals surface area contributed by atoms with Gasteiger partial charge in [0.1, 0.15) is 11.6 Å². The highest BCUT2D eigenvalue weighted by Gasteiger charge is 2.35. The van der Waals surface area contributed by atoms with Crippen molar-refractivity contribution in [3.05, 3.63) is 71.2 Å². The normalized spacial score (nSPS) is 15.3. The van der Waals surface area contributed by atoms with Gasteiger partial charge in [-0.15, -0.1) is 0 Å². The molecule has 2 amide bonds. The van der Waals surface area contributed by atoms with E-state index in [0.29, 0.717) is 6.54 Å². The number of urea groups is 1. The summed E-state index contributed by atoms with van der Waals surface area (Å²) in [4.78, 5) is 14.3. The van der Waals surface area contributed by atoms with Gasteiger partial charge in [-0.1, -0.05) is 45.0 Å². The average Bonchev–Trinajstić information content (AvgIpc) is 3.01. The van der Waals surface area contributed by atoms with Crippen LogP contribution in [0, 0.1) is 11.2 Å². The molecular formula is C23H27FN2O2. The standard InChI is InChI=1S/C23H27FN2O2/c1-5-17-9-10-18(12-21(17)28-4)20-14-26(15-23(20,2)3)22(27)25-13-16-7-6-8-19(24)11-16/h6-12,14H,5,13,15H2,1-4H3,(H,25,27). The summed E-state index contributed by atoms with van der Waals surface area (Å²) in [6, 6.07) is 12.3. The Balaban J connectivity index is 1.77. The maximum absolute atomic E-state index is 13.3. The predicted molar refractivity (Wildman–Crippen MR) is 109 cm³/mol. The minimum Gasteiger partial charge on any atom is -0.496 e. The molecule has 0 fully saturated rings. The van der Waals surface area contributed by atoms with Gasteiger partial charge in [0.2, 0.25) is 0 Å². The van der Waals surface area contributed by atoms with Gasteiger partial charge in [0.25, 0.3) is 0 Å². The topological polar surface area (TPSA) is 41.6 Å². The van der Waals surface area contributed by atoms with Crippen molar-refractivity contribution in [2.24, 2.45) is 5.41 Å². The maximum Gasteiger partial charge on any atom is 0.321 e. The fourth-order valence-electron chi connectivity index (χ4n) is 3.61. The minimum absolute atomic E-state index is 0.186. The van der Waals surface area contributed by atoms with Crippen LogP contribution in [0.5, 0.6) is 5.75 Å². The summed E-state index contributed by atoms with van der Waals surface area (Å²) >= 11 is 0. The number of ether oxygens (including phenoxy) is 1. The third-order valence-electron chi connectivity index (χ3n) is 5.15. The molecule has 5 heteroatoms. The number of amides is 2. The number of aryl methyl sites for hydroxylation is 1. The minimum atomic E-state index is -0.305. The van der Waals surface area contributed by atoms with Crippen molar-refractivity contribution >= 4 is 11.6 Å². The molecule has 1 N–H and O–H groups in total. The molecule has 0 spiro atoms. The van der Waals surface area contributed by atoms with Crippen LogP contribution < -0.4 is 10.1 Å². The Hall–Kier alpha value is -2.82. The Morgan fingerprint density at radius 1 is 1.25 bits per heavy atom. The molecule has 1 heterocycles. The number of hydrogen-bond acceptors (Lipinski definition) is 2. The van der Waals surface area contributed by atoms with E-state index in [4.69, 9.17) is 4.74 Å². The first-order valence-corrected chi connectivity index (χ1v) is 9.52. The van der Waals surface area contributed by atoms with Crippen LogP contribution in [0.4, 0.5) is 9.18 Å². The molecule has 28 heavy (non-hydrogen) atoms. The van der Waals surface area contributed by atoms with Gasteiger partial charge in [0.05, 0.1) is 7.11 Å². The molecule has 148 valence electrons. The van der Waals surface area contributed by atoms with Crippen molar-refractivity contribution in [3.8, 4) is 5.75 Å². The molecule has 0 bridgehead atoms. The van der Waals surface area contributed by atoms with Crippen LogP contribution in [-0.2, 0) is 13.0 Å². The third-order valence-corrected chi connectivity index (χ3v) is 5.15. The summed E-state index contributed by atoms with van der Waals surface area (Å²) in [5.74, 6) is 0.561. The Bertz CT molecular complexity index is 905. The van der Waals surface area contributed by atoms with E-state index < -0.39 is 0 Å². The van der Waals surface area contributed by atoms with Crippen molar-refractivity contribution in [1.82, 2.24) is 10.2 Å². The van der Waals surface area contributed by atoms with E-state index in [1.54, 1.807) is 24.1 Å². The Labute approximate surface area is 166 Å². The monoisotopic (exact) mass is 382 g/mol. The molecule has 0 unspecified atom stereocenters. The predicted octanol–water partition coefficient (Wildman–Crippen LogP) is 4.99. The van der Waals surface area contributed by atoms with E-state index >= 15 is 0 Å². The van der Waals surface area contributed by atoms with E-state index in [0.717, 1.165) is 34.4 Å². The van der Waals surface area contributed by atoms with Crippen LogP contribution in [0.3, 0.4) is 0 Å². The molecule has 2 aromatic carbocycles. The van der Waals surface area contributed by atoms with Crippen molar-refractivity contribution < 1.29 is 13.9 Å². The summed E-state index contributed by atoms with van der Waals surface area (Å²) in [5.41, 5.74) is 3.85. The molecule has 0 radical (unpaired) electrons.